The van der Waals surface area contributed by atoms with Crippen LogP contribution in [0.1, 0.15) is 17.2 Å². The standard InChI is InChI=1S/C14H11BrClF2N/c15-12-7-10(17)3-1-8(12)5-14(19)11-6-9(16)2-4-13(11)18/h1-4,6-7,14H,5,19H2. The molecule has 0 radical (unpaired) electrons. The number of hydrogen-bond donors (Lipinski definition) is 1. The first-order chi connectivity index (χ1) is 8.97. The number of hydrogen-bond acceptors (Lipinski definition) is 1. The molecule has 100 valence electrons. The average molecular weight is 347 g/mol. The van der Waals surface area contributed by atoms with Crippen LogP contribution in [0.4, 0.5) is 8.78 Å². The highest BCUT2D eigenvalue weighted by molar-refractivity contribution is 9.10. The number of nitrogens with two attached hydrogens (primary N) is 1. The van der Waals surface area contributed by atoms with Crippen molar-refractivity contribution in [2.75, 3.05) is 0 Å². The Bertz CT molecular complexity index is 604. The first-order valence-electron chi connectivity index (χ1n) is 5.62. The van der Waals surface area contributed by atoms with Crippen LogP contribution in [0.15, 0.2) is 40.9 Å². The third-order valence-corrected chi connectivity index (χ3v) is 3.79. The maximum Gasteiger partial charge on any atom is 0.128 e. The number of rotatable bonds is 3. The maximum atomic E-state index is 13.7. The Balaban J connectivity index is 2.25. The predicted molar refractivity (Wildman–Crippen MR) is 76.1 cm³/mol. The van der Waals surface area contributed by atoms with E-state index in [9.17, 15) is 8.78 Å². The second-order valence-electron chi connectivity index (χ2n) is 4.21. The van der Waals surface area contributed by atoms with Crippen LogP contribution < -0.4 is 5.73 Å². The molecular formula is C14H11BrClF2N. The number of benzene rings is 2. The quantitative estimate of drug-likeness (QED) is 0.862. The topological polar surface area (TPSA) is 26.0 Å². The average Bonchev–Trinajstić information content (AvgIpc) is 2.35. The zero-order valence-corrected chi connectivity index (χ0v) is 12.2. The van der Waals surface area contributed by atoms with E-state index in [1.54, 1.807) is 6.07 Å². The van der Waals surface area contributed by atoms with Gasteiger partial charge in [0, 0.05) is 21.1 Å². The van der Waals surface area contributed by atoms with Crippen molar-refractivity contribution in [3.63, 3.8) is 0 Å². The zero-order chi connectivity index (χ0) is 14.0. The molecule has 0 heterocycles. The first kappa shape index (κ1) is 14.4. The molecule has 2 aromatic rings. The summed E-state index contributed by atoms with van der Waals surface area (Å²) >= 11 is 9.10. The van der Waals surface area contributed by atoms with Crippen LogP contribution in [0.25, 0.3) is 0 Å². The Labute approximate surface area is 123 Å². The van der Waals surface area contributed by atoms with E-state index in [-0.39, 0.29) is 5.82 Å². The van der Waals surface area contributed by atoms with Gasteiger partial charge in [-0.15, -0.1) is 0 Å². The summed E-state index contributed by atoms with van der Waals surface area (Å²) in [6.45, 7) is 0. The second kappa shape index (κ2) is 5.99. The summed E-state index contributed by atoms with van der Waals surface area (Å²) in [5.74, 6) is -0.728. The lowest BCUT2D eigenvalue weighted by atomic mass is 9.99. The smallest absolute Gasteiger partial charge is 0.128 e. The zero-order valence-electron chi connectivity index (χ0n) is 9.84. The first-order valence-corrected chi connectivity index (χ1v) is 6.79. The summed E-state index contributed by atoms with van der Waals surface area (Å²) < 4.78 is 27.3. The van der Waals surface area contributed by atoms with E-state index in [4.69, 9.17) is 17.3 Å². The summed E-state index contributed by atoms with van der Waals surface area (Å²) in [6, 6.07) is 8.07. The molecule has 19 heavy (non-hydrogen) atoms. The van der Waals surface area contributed by atoms with Crippen LogP contribution >= 0.6 is 27.5 Å². The molecule has 0 aliphatic carbocycles. The Morgan fingerprint density at radius 3 is 2.58 bits per heavy atom. The van der Waals surface area contributed by atoms with E-state index in [1.165, 1.54) is 30.3 Å². The summed E-state index contributed by atoms with van der Waals surface area (Å²) in [7, 11) is 0. The fourth-order valence-electron chi connectivity index (χ4n) is 1.83. The minimum absolute atomic E-state index is 0.335. The lowest BCUT2D eigenvalue weighted by Crippen LogP contribution is -2.15. The summed E-state index contributed by atoms with van der Waals surface area (Å²) in [4.78, 5) is 0. The van der Waals surface area contributed by atoms with Gasteiger partial charge in [0.15, 0.2) is 0 Å². The highest BCUT2D eigenvalue weighted by Gasteiger charge is 2.14. The molecular weight excluding hydrogens is 336 g/mol. The molecule has 2 rings (SSSR count). The molecule has 1 atom stereocenters. The molecule has 0 spiro atoms. The molecule has 0 saturated heterocycles. The molecule has 2 aromatic carbocycles. The van der Waals surface area contributed by atoms with Gasteiger partial charge in [-0.2, -0.15) is 0 Å². The molecule has 0 aliphatic heterocycles. The van der Waals surface area contributed by atoms with Gasteiger partial charge in [-0.3, -0.25) is 0 Å². The van der Waals surface area contributed by atoms with Crippen LogP contribution in [-0.4, -0.2) is 0 Å². The number of halogens is 4. The van der Waals surface area contributed by atoms with Gasteiger partial charge in [0.1, 0.15) is 11.6 Å². The van der Waals surface area contributed by atoms with E-state index in [0.29, 0.717) is 21.5 Å². The monoisotopic (exact) mass is 345 g/mol. The highest BCUT2D eigenvalue weighted by Crippen LogP contribution is 2.26. The van der Waals surface area contributed by atoms with Crippen molar-refractivity contribution in [2.45, 2.75) is 12.5 Å². The third-order valence-electron chi connectivity index (χ3n) is 2.81. The minimum Gasteiger partial charge on any atom is -0.324 e. The van der Waals surface area contributed by atoms with Crippen molar-refractivity contribution in [2.24, 2.45) is 5.73 Å². The van der Waals surface area contributed by atoms with Crippen LogP contribution in [0.5, 0.6) is 0 Å². The van der Waals surface area contributed by atoms with Crippen molar-refractivity contribution in [3.05, 3.63) is 68.7 Å². The molecule has 1 nitrogen and oxygen atoms in total. The summed E-state index contributed by atoms with van der Waals surface area (Å²) in [5.41, 5.74) is 7.15. The Morgan fingerprint density at radius 2 is 1.89 bits per heavy atom. The van der Waals surface area contributed by atoms with E-state index >= 15 is 0 Å². The van der Waals surface area contributed by atoms with Crippen LogP contribution in [0.2, 0.25) is 5.02 Å². The van der Waals surface area contributed by atoms with Gasteiger partial charge in [0.05, 0.1) is 0 Å². The van der Waals surface area contributed by atoms with Crippen molar-refractivity contribution in [3.8, 4) is 0 Å². The molecule has 0 saturated carbocycles. The van der Waals surface area contributed by atoms with Crippen molar-refractivity contribution < 1.29 is 8.78 Å². The van der Waals surface area contributed by atoms with Gasteiger partial charge in [0.2, 0.25) is 0 Å². The molecule has 0 fully saturated rings. The SMILES string of the molecule is NC(Cc1ccc(F)cc1Br)c1cc(Cl)ccc1F. The van der Waals surface area contributed by atoms with Gasteiger partial charge in [-0.05, 0) is 42.3 Å². The van der Waals surface area contributed by atoms with E-state index in [0.717, 1.165) is 5.56 Å². The normalized spacial score (nSPS) is 12.5. The van der Waals surface area contributed by atoms with Crippen molar-refractivity contribution >= 4 is 27.5 Å². The van der Waals surface area contributed by atoms with Gasteiger partial charge >= 0.3 is 0 Å². The third kappa shape index (κ3) is 3.53. The van der Waals surface area contributed by atoms with Crippen LogP contribution in [0, 0.1) is 11.6 Å². The summed E-state index contributed by atoms with van der Waals surface area (Å²) in [5, 5.41) is 0.435. The minimum atomic E-state index is -0.541. The fraction of sp³-hybridized carbons (Fsp3) is 0.143. The highest BCUT2D eigenvalue weighted by atomic mass is 79.9. The molecule has 0 aliphatic rings. The van der Waals surface area contributed by atoms with E-state index in [2.05, 4.69) is 15.9 Å². The van der Waals surface area contributed by atoms with Crippen LogP contribution in [0.3, 0.4) is 0 Å². The Hall–Kier alpha value is -0.970. The van der Waals surface area contributed by atoms with Gasteiger partial charge in [-0.25, -0.2) is 8.78 Å². The van der Waals surface area contributed by atoms with Gasteiger partial charge in [0.25, 0.3) is 0 Å². The van der Waals surface area contributed by atoms with Gasteiger partial charge in [-0.1, -0.05) is 33.6 Å². The fourth-order valence-corrected chi connectivity index (χ4v) is 2.53. The molecule has 0 aromatic heterocycles. The second-order valence-corrected chi connectivity index (χ2v) is 5.50. The van der Waals surface area contributed by atoms with E-state index in [1.807, 2.05) is 0 Å². The lowest BCUT2D eigenvalue weighted by Gasteiger charge is -2.14. The van der Waals surface area contributed by atoms with Crippen molar-refractivity contribution in [1.82, 2.24) is 0 Å². The molecule has 0 amide bonds. The summed E-state index contributed by atoms with van der Waals surface area (Å²) in [6.07, 6.45) is 0.387. The van der Waals surface area contributed by atoms with E-state index < -0.39 is 11.9 Å². The molecule has 1 unspecified atom stereocenters. The Morgan fingerprint density at radius 1 is 1.16 bits per heavy atom. The van der Waals surface area contributed by atoms with Crippen LogP contribution in [-0.2, 0) is 6.42 Å². The molecule has 0 bridgehead atoms. The molecule has 2 N–H and O–H groups in total. The largest absolute Gasteiger partial charge is 0.324 e. The Kier molecular flexibility index (Phi) is 4.55. The van der Waals surface area contributed by atoms with Crippen molar-refractivity contribution in [1.29, 1.82) is 0 Å². The lowest BCUT2D eigenvalue weighted by molar-refractivity contribution is 0.579. The van der Waals surface area contributed by atoms with Gasteiger partial charge < -0.3 is 5.73 Å². The molecule has 5 heteroatoms. The predicted octanol–water partition coefficient (Wildman–Crippen LogP) is 4.62. The maximum absolute atomic E-state index is 13.7.